The molecule has 0 unspecified atom stereocenters. The van der Waals surface area contributed by atoms with Crippen molar-refractivity contribution < 1.29 is 0 Å². The van der Waals surface area contributed by atoms with Crippen molar-refractivity contribution >= 4 is 58.4 Å². The Hall–Kier alpha value is -6.38. The van der Waals surface area contributed by atoms with Crippen LogP contribution in [0.5, 0.6) is 0 Å². The van der Waals surface area contributed by atoms with Crippen LogP contribution >= 0.6 is 0 Å². The lowest BCUT2D eigenvalue weighted by atomic mass is 10.0. The summed E-state index contributed by atoms with van der Waals surface area (Å²) in [5, 5.41) is 0. The molecule has 2 heteroatoms. The van der Waals surface area contributed by atoms with E-state index in [4.69, 9.17) is 0 Å². The van der Waals surface area contributed by atoms with Gasteiger partial charge < -0.3 is 9.80 Å². The number of anilines is 6. The van der Waals surface area contributed by atoms with E-state index in [-0.39, 0.29) is 0 Å². The molecule has 0 aliphatic heterocycles. The summed E-state index contributed by atoms with van der Waals surface area (Å²) >= 11 is 0. The Morgan fingerprint density at radius 2 is 0.818 bits per heavy atom. The summed E-state index contributed by atoms with van der Waals surface area (Å²) in [7, 11) is 0. The summed E-state index contributed by atoms with van der Waals surface area (Å²) in [5.41, 5.74) is 18.3. The van der Waals surface area contributed by atoms with Gasteiger partial charge >= 0.3 is 0 Å². The number of rotatable bonds is 12. The van der Waals surface area contributed by atoms with E-state index in [1.165, 1.54) is 61.6 Å². The molecule has 0 spiro atoms. The Kier molecular flexibility index (Phi) is 11.5. The molecule has 0 N–H and O–H groups in total. The number of hydrogen-bond acceptors (Lipinski definition) is 2. The van der Waals surface area contributed by atoms with Gasteiger partial charge in [0.15, 0.2) is 0 Å². The number of benzene rings is 7. The van der Waals surface area contributed by atoms with Gasteiger partial charge in [-0.25, -0.2) is 0 Å². The minimum atomic E-state index is 0.977. The van der Waals surface area contributed by atoms with Crippen LogP contribution in [0.15, 0.2) is 164 Å². The van der Waals surface area contributed by atoms with Crippen molar-refractivity contribution in [3.8, 4) is 0 Å². The smallest absolute Gasteiger partial charge is 0.0522 e. The van der Waals surface area contributed by atoms with Gasteiger partial charge in [-0.2, -0.15) is 0 Å². The molecule has 0 aliphatic rings. The van der Waals surface area contributed by atoms with Crippen LogP contribution in [0.1, 0.15) is 63.9 Å². The zero-order valence-electron chi connectivity index (χ0n) is 32.7. The summed E-state index contributed by atoms with van der Waals surface area (Å²) in [6.45, 7) is 11.0. The molecule has 0 aromatic heterocycles. The molecule has 0 saturated carbocycles. The van der Waals surface area contributed by atoms with E-state index in [0.29, 0.717) is 0 Å². The third-order valence-electron chi connectivity index (χ3n) is 10.3. The van der Waals surface area contributed by atoms with Gasteiger partial charge in [-0.05, 0) is 127 Å². The minimum absolute atomic E-state index is 0.977. The van der Waals surface area contributed by atoms with E-state index in [0.717, 1.165) is 35.5 Å². The van der Waals surface area contributed by atoms with Crippen LogP contribution in [0.3, 0.4) is 0 Å². The molecule has 0 saturated heterocycles. The minimum Gasteiger partial charge on any atom is -0.310 e. The van der Waals surface area contributed by atoms with Crippen molar-refractivity contribution in [1.82, 2.24) is 0 Å². The fourth-order valence-electron chi connectivity index (χ4n) is 7.22. The van der Waals surface area contributed by atoms with Gasteiger partial charge in [0, 0.05) is 28.4 Å². The molecule has 0 atom stereocenters. The lowest BCUT2D eigenvalue weighted by Crippen LogP contribution is -2.13. The Labute approximate surface area is 328 Å². The summed E-state index contributed by atoms with van der Waals surface area (Å²) in [6, 6.07) is 59.3. The maximum Gasteiger partial charge on any atom is 0.0522 e. The van der Waals surface area contributed by atoms with E-state index < -0.39 is 0 Å². The van der Waals surface area contributed by atoms with Crippen LogP contribution in [-0.2, 0) is 12.8 Å². The lowest BCUT2D eigenvalue weighted by Gasteiger charge is -2.29. The molecule has 0 bridgehead atoms. The van der Waals surface area contributed by atoms with E-state index in [1.54, 1.807) is 0 Å². The Balaban J connectivity index is 1.05. The molecule has 7 rings (SSSR count). The second kappa shape index (κ2) is 17.2. The average molecular weight is 715 g/mol. The standard InChI is InChI=1S/C53H50N2/c1-6-46-13-11-12-41(5)53(46)55(50-31-16-39(3)17-32-50)51-35-29-45(30-36-51)26-24-43-21-19-42(20-22-43)23-25-44-27-33-49(34-28-44)54(48-14-9-8-10-15-48)52-37-18-40(4)38-47(52)7-2/h8-38H,6-7H2,1-5H3/b25-23+,26-24+. The Morgan fingerprint density at radius 3 is 1.33 bits per heavy atom. The number of hydrogen-bond donors (Lipinski definition) is 0. The first-order chi connectivity index (χ1) is 26.9. The van der Waals surface area contributed by atoms with Gasteiger partial charge in [0.05, 0.1) is 5.69 Å². The number of para-hydroxylation sites is 2. The predicted octanol–water partition coefficient (Wildman–Crippen LogP) is 15.0. The molecule has 0 radical (unpaired) electrons. The molecule has 0 amide bonds. The highest BCUT2D eigenvalue weighted by Crippen LogP contribution is 2.40. The number of nitrogens with zero attached hydrogens (tertiary/aromatic N) is 2. The molecule has 55 heavy (non-hydrogen) atoms. The van der Waals surface area contributed by atoms with Crippen molar-refractivity contribution in [2.24, 2.45) is 0 Å². The maximum atomic E-state index is 2.40. The summed E-state index contributed by atoms with van der Waals surface area (Å²) in [5.74, 6) is 0. The van der Waals surface area contributed by atoms with Gasteiger partial charge in [-0.1, -0.05) is 158 Å². The fraction of sp³-hybridized carbons (Fsp3) is 0.132. The van der Waals surface area contributed by atoms with Crippen molar-refractivity contribution in [1.29, 1.82) is 0 Å². The molecule has 272 valence electrons. The maximum absolute atomic E-state index is 2.40. The lowest BCUT2D eigenvalue weighted by molar-refractivity contribution is 1.10. The van der Waals surface area contributed by atoms with Crippen LogP contribution in [0.25, 0.3) is 24.3 Å². The third kappa shape index (κ3) is 8.72. The highest BCUT2D eigenvalue weighted by molar-refractivity contribution is 5.82. The molecule has 0 aliphatic carbocycles. The quantitative estimate of drug-likeness (QED) is 0.116. The molecule has 2 nitrogen and oxygen atoms in total. The van der Waals surface area contributed by atoms with Crippen molar-refractivity contribution in [3.63, 3.8) is 0 Å². The highest BCUT2D eigenvalue weighted by Gasteiger charge is 2.18. The second-order valence-corrected chi connectivity index (χ2v) is 14.3. The first-order valence-corrected chi connectivity index (χ1v) is 19.5. The molecule has 7 aromatic rings. The number of aryl methyl sites for hydroxylation is 5. The monoisotopic (exact) mass is 714 g/mol. The highest BCUT2D eigenvalue weighted by atomic mass is 15.2. The molecular formula is C53H50N2. The summed E-state index contributed by atoms with van der Waals surface area (Å²) < 4.78 is 0. The third-order valence-corrected chi connectivity index (χ3v) is 10.3. The first-order valence-electron chi connectivity index (χ1n) is 19.5. The van der Waals surface area contributed by atoms with E-state index in [2.05, 4.69) is 233 Å². The molecular weight excluding hydrogens is 665 g/mol. The van der Waals surface area contributed by atoms with E-state index in [1.807, 2.05) is 0 Å². The zero-order chi connectivity index (χ0) is 38.1. The van der Waals surface area contributed by atoms with Gasteiger partial charge in [-0.15, -0.1) is 0 Å². The van der Waals surface area contributed by atoms with Crippen LogP contribution in [0.4, 0.5) is 34.1 Å². The van der Waals surface area contributed by atoms with Crippen molar-refractivity contribution in [3.05, 3.63) is 214 Å². The second-order valence-electron chi connectivity index (χ2n) is 14.3. The first kappa shape index (κ1) is 37.0. The van der Waals surface area contributed by atoms with Gasteiger partial charge in [0.25, 0.3) is 0 Å². The van der Waals surface area contributed by atoms with Gasteiger partial charge in [0.1, 0.15) is 0 Å². The predicted molar refractivity (Wildman–Crippen MR) is 240 cm³/mol. The largest absolute Gasteiger partial charge is 0.310 e. The zero-order valence-corrected chi connectivity index (χ0v) is 32.7. The Morgan fingerprint density at radius 1 is 0.382 bits per heavy atom. The molecule has 0 fully saturated rings. The summed E-state index contributed by atoms with van der Waals surface area (Å²) in [6.07, 6.45) is 10.7. The van der Waals surface area contributed by atoms with Gasteiger partial charge in [0.2, 0.25) is 0 Å². The van der Waals surface area contributed by atoms with Crippen LogP contribution in [0.2, 0.25) is 0 Å². The molecule has 0 heterocycles. The van der Waals surface area contributed by atoms with Crippen molar-refractivity contribution in [2.45, 2.75) is 47.5 Å². The van der Waals surface area contributed by atoms with Crippen molar-refractivity contribution in [2.75, 3.05) is 9.80 Å². The SMILES string of the molecule is CCc1cc(C)ccc1N(c1ccccc1)c1ccc(/C=C/c2ccc(/C=C/c3ccc(N(c4ccc(C)cc4)c4c(C)cccc4CC)cc3)cc2)cc1. The van der Waals surface area contributed by atoms with E-state index in [9.17, 15) is 0 Å². The summed E-state index contributed by atoms with van der Waals surface area (Å²) in [4.78, 5) is 4.76. The van der Waals surface area contributed by atoms with E-state index >= 15 is 0 Å². The average Bonchev–Trinajstić information content (AvgIpc) is 3.23. The van der Waals surface area contributed by atoms with Crippen LogP contribution < -0.4 is 9.80 Å². The Bertz CT molecular complexity index is 2380. The molecule has 7 aromatic carbocycles. The van der Waals surface area contributed by atoms with Crippen LogP contribution in [0, 0.1) is 20.8 Å². The topological polar surface area (TPSA) is 6.48 Å². The normalized spacial score (nSPS) is 11.4. The fourth-order valence-corrected chi connectivity index (χ4v) is 7.22. The van der Waals surface area contributed by atoms with Gasteiger partial charge in [-0.3, -0.25) is 0 Å². The van der Waals surface area contributed by atoms with Crippen LogP contribution in [-0.4, -0.2) is 0 Å².